The first kappa shape index (κ1) is 16.5. The van der Waals surface area contributed by atoms with E-state index in [1.54, 1.807) is 12.1 Å². The average molecular weight is 330 g/mol. The molecule has 0 unspecified atom stereocenters. The summed E-state index contributed by atoms with van der Waals surface area (Å²) in [7, 11) is 2.08. The lowest BCUT2D eigenvalue weighted by atomic mass is 10.0. The van der Waals surface area contributed by atoms with Gasteiger partial charge in [-0.25, -0.2) is 4.79 Å². The third kappa shape index (κ3) is 3.46. The van der Waals surface area contributed by atoms with Crippen molar-refractivity contribution < 1.29 is 9.90 Å². The second-order valence-electron chi connectivity index (χ2n) is 5.93. The fourth-order valence-corrected chi connectivity index (χ4v) is 3.10. The SMILES string of the molecule is CN1c2ccccc2CCc2cc(/C=C/C=C(\C#N)C(=O)O)ccc21. The van der Waals surface area contributed by atoms with Gasteiger partial charge in [0.05, 0.1) is 0 Å². The van der Waals surface area contributed by atoms with Gasteiger partial charge in [-0.3, -0.25) is 0 Å². The number of rotatable bonds is 3. The van der Waals surface area contributed by atoms with Crippen molar-refractivity contribution >= 4 is 23.4 Å². The van der Waals surface area contributed by atoms with Gasteiger partial charge in [-0.15, -0.1) is 0 Å². The van der Waals surface area contributed by atoms with Gasteiger partial charge in [-0.2, -0.15) is 5.26 Å². The number of anilines is 2. The van der Waals surface area contributed by atoms with Crippen LogP contribution in [0.5, 0.6) is 0 Å². The van der Waals surface area contributed by atoms with Gasteiger partial charge in [0.2, 0.25) is 0 Å². The molecular formula is C21H18N2O2. The van der Waals surface area contributed by atoms with Crippen LogP contribution in [0.4, 0.5) is 11.4 Å². The minimum atomic E-state index is -1.21. The molecule has 0 radical (unpaired) electrons. The zero-order valence-corrected chi connectivity index (χ0v) is 13.9. The van der Waals surface area contributed by atoms with E-state index in [-0.39, 0.29) is 5.57 Å². The Morgan fingerprint density at radius 3 is 2.64 bits per heavy atom. The number of aryl methyl sites for hydroxylation is 2. The number of hydrogen-bond acceptors (Lipinski definition) is 3. The predicted molar refractivity (Wildman–Crippen MR) is 98.7 cm³/mol. The van der Waals surface area contributed by atoms with Crippen LogP contribution in [-0.2, 0) is 17.6 Å². The molecule has 1 N–H and O–H groups in total. The Morgan fingerprint density at radius 1 is 1.16 bits per heavy atom. The summed E-state index contributed by atoms with van der Waals surface area (Å²) in [5.41, 5.74) is 5.71. The van der Waals surface area contributed by atoms with E-state index in [4.69, 9.17) is 10.4 Å². The molecule has 4 nitrogen and oxygen atoms in total. The third-order valence-corrected chi connectivity index (χ3v) is 4.38. The van der Waals surface area contributed by atoms with Crippen LogP contribution in [-0.4, -0.2) is 18.1 Å². The molecule has 1 aliphatic heterocycles. The lowest BCUT2D eigenvalue weighted by Gasteiger charge is -2.22. The van der Waals surface area contributed by atoms with E-state index in [0.29, 0.717) is 0 Å². The number of aliphatic carboxylic acids is 1. The number of hydrogen-bond donors (Lipinski definition) is 1. The van der Waals surface area contributed by atoms with Gasteiger partial charge in [-0.05, 0) is 53.8 Å². The van der Waals surface area contributed by atoms with Gasteiger partial charge in [0.25, 0.3) is 0 Å². The lowest BCUT2D eigenvalue weighted by molar-refractivity contribution is -0.132. The Kier molecular flexibility index (Phi) is 4.67. The van der Waals surface area contributed by atoms with E-state index in [9.17, 15) is 4.79 Å². The van der Waals surface area contributed by atoms with Crippen LogP contribution in [0.1, 0.15) is 16.7 Å². The average Bonchev–Trinajstić information content (AvgIpc) is 2.76. The smallest absolute Gasteiger partial charge is 0.346 e. The van der Waals surface area contributed by atoms with Gasteiger partial charge in [0.15, 0.2) is 0 Å². The van der Waals surface area contributed by atoms with Gasteiger partial charge < -0.3 is 10.0 Å². The highest BCUT2D eigenvalue weighted by atomic mass is 16.4. The molecule has 4 heteroatoms. The number of nitrogens with zero attached hydrogens (tertiary/aromatic N) is 2. The molecule has 0 fully saturated rings. The molecule has 124 valence electrons. The number of para-hydroxylation sites is 1. The first-order valence-corrected chi connectivity index (χ1v) is 8.06. The summed E-state index contributed by atoms with van der Waals surface area (Å²) >= 11 is 0. The molecule has 0 saturated heterocycles. The van der Waals surface area contributed by atoms with Crippen molar-refractivity contribution in [1.29, 1.82) is 5.26 Å². The molecule has 0 aromatic heterocycles. The highest BCUT2D eigenvalue weighted by Gasteiger charge is 2.17. The van der Waals surface area contributed by atoms with Crippen LogP contribution in [0.3, 0.4) is 0 Å². The highest BCUT2D eigenvalue weighted by Crippen LogP contribution is 2.35. The van der Waals surface area contributed by atoms with Gasteiger partial charge in [0, 0.05) is 18.4 Å². The summed E-state index contributed by atoms with van der Waals surface area (Å²) in [6.45, 7) is 0. The number of benzene rings is 2. The van der Waals surface area contributed by atoms with Crippen LogP contribution in [0.2, 0.25) is 0 Å². The summed E-state index contributed by atoms with van der Waals surface area (Å²) in [6, 6.07) is 16.3. The topological polar surface area (TPSA) is 64.3 Å². The molecule has 3 rings (SSSR count). The Bertz CT molecular complexity index is 920. The Balaban J connectivity index is 1.89. The largest absolute Gasteiger partial charge is 0.477 e. The minimum absolute atomic E-state index is 0.277. The Morgan fingerprint density at radius 2 is 1.88 bits per heavy atom. The number of fused-ring (bicyclic) bond motifs is 2. The van der Waals surface area contributed by atoms with Crippen molar-refractivity contribution in [3.05, 3.63) is 76.9 Å². The molecule has 0 atom stereocenters. The van der Waals surface area contributed by atoms with Crippen LogP contribution in [0.25, 0.3) is 6.08 Å². The minimum Gasteiger partial charge on any atom is -0.477 e. The molecule has 2 aromatic carbocycles. The van der Waals surface area contributed by atoms with Crippen molar-refractivity contribution in [3.63, 3.8) is 0 Å². The normalized spacial score (nSPS) is 13.8. The standard InChI is InChI=1S/C21H18N2O2/c1-23-19-8-3-2-6-16(19)10-11-17-13-15(9-12-20(17)23)5-4-7-18(14-22)21(24)25/h2-9,12-13H,10-11H2,1H3,(H,24,25)/b5-4+,18-7+. The summed E-state index contributed by atoms with van der Waals surface area (Å²) < 4.78 is 0. The zero-order valence-electron chi connectivity index (χ0n) is 13.9. The molecule has 1 aliphatic rings. The van der Waals surface area contributed by atoms with Crippen LogP contribution in [0.15, 0.2) is 60.2 Å². The first-order chi connectivity index (χ1) is 12.1. The summed E-state index contributed by atoms with van der Waals surface area (Å²) in [6.07, 6.45) is 6.67. The lowest BCUT2D eigenvalue weighted by Crippen LogP contribution is -2.11. The fourth-order valence-electron chi connectivity index (χ4n) is 3.10. The van der Waals surface area contributed by atoms with Crippen LogP contribution in [0, 0.1) is 11.3 Å². The van der Waals surface area contributed by atoms with E-state index < -0.39 is 5.97 Å². The van der Waals surface area contributed by atoms with Gasteiger partial charge in [-0.1, -0.05) is 36.4 Å². The number of allylic oxidation sites excluding steroid dienone is 2. The molecule has 0 bridgehead atoms. The number of nitriles is 1. The first-order valence-electron chi connectivity index (χ1n) is 8.06. The Labute approximate surface area is 146 Å². The predicted octanol–water partition coefficient (Wildman–Crippen LogP) is 4.10. The molecular weight excluding hydrogens is 312 g/mol. The maximum Gasteiger partial charge on any atom is 0.346 e. The van der Waals surface area contributed by atoms with Crippen molar-refractivity contribution in [2.45, 2.75) is 12.8 Å². The summed E-state index contributed by atoms with van der Waals surface area (Å²) in [5, 5.41) is 17.6. The second kappa shape index (κ2) is 7.06. The molecule has 0 saturated carbocycles. The van der Waals surface area contributed by atoms with E-state index >= 15 is 0 Å². The quantitative estimate of drug-likeness (QED) is 0.523. The van der Waals surface area contributed by atoms with E-state index in [1.807, 2.05) is 12.1 Å². The molecule has 0 spiro atoms. The molecule has 1 heterocycles. The number of carboxylic acid groups (broad SMARTS) is 1. The summed E-state index contributed by atoms with van der Waals surface area (Å²) in [5.74, 6) is -1.21. The maximum absolute atomic E-state index is 10.8. The zero-order chi connectivity index (χ0) is 17.8. The molecule has 2 aromatic rings. The van der Waals surface area contributed by atoms with Crippen molar-refractivity contribution in [3.8, 4) is 6.07 Å². The van der Waals surface area contributed by atoms with E-state index in [2.05, 4.69) is 48.3 Å². The third-order valence-electron chi connectivity index (χ3n) is 4.38. The van der Waals surface area contributed by atoms with Crippen molar-refractivity contribution in [2.75, 3.05) is 11.9 Å². The number of carboxylic acids is 1. The van der Waals surface area contributed by atoms with Gasteiger partial charge in [0.1, 0.15) is 11.6 Å². The van der Waals surface area contributed by atoms with Crippen LogP contribution < -0.4 is 4.90 Å². The molecule has 0 amide bonds. The van der Waals surface area contributed by atoms with Crippen molar-refractivity contribution in [1.82, 2.24) is 0 Å². The summed E-state index contributed by atoms with van der Waals surface area (Å²) in [4.78, 5) is 13.0. The molecule has 25 heavy (non-hydrogen) atoms. The Hall–Kier alpha value is -3.32. The molecule has 0 aliphatic carbocycles. The van der Waals surface area contributed by atoms with E-state index in [1.165, 1.54) is 28.6 Å². The van der Waals surface area contributed by atoms with Gasteiger partial charge >= 0.3 is 5.97 Å². The van der Waals surface area contributed by atoms with Crippen LogP contribution >= 0.6 is 0 Å². The monoisotopic (exact) mass is 330 g/mol. The van der Waals surface area contributed by atoms with Crippen molar-refractivity contribution in [2.24, 2.45) is 0 Å². The fraction of sp³-hybridized carbons (Fsp3) is 0.143. The maximum atomic E-state index is 10.8. The second-order valence-corrected chi connectivity index (χ2v) is 5.93. The van der Waals surface area contributed by atoms with E-state index in [0.717, 1.165) is 18.4 Å². The highest BCUT2D eigenvalue weighted by molar-refractivity contribution is 5.91. The number of carbonyl (C=O) groups is 1.